The maximum atomic E-state index is 13.2. The van der Waals surface area contributed by atoms with Crippen molar-refractivity contribution in [1.29, 1.82) is 0 Å². The third kappa shape index (κ3) is 3.82. The van der Waals surface area contributed by atoms with Gasteiger partial charge in [-0.25, -0.2) is 0 Å². The van der Waals surface area contributed by atoms with Gasteiger partial charge in [0.1, 0.15) is 10.8 Å². The van der Waals surface area contributed by atoms with Crippen molar-refractivity contribution in [2.75, 3.05) is 12.4 Å². The summed E-state index contributed by atoms with van der Waals surface area (Å²) in [6, 6.07) is 12.3. The Morgan fingerprint density at radius 3 is 2.46 bits per heavy atom. The second-order valence-electron chi connectivity index (χ2n) is 5.89. The molecule has 3 aromatic rings. The van der Waals surface area contributed by atoms with Gasteiger partial charge >= 0.3 is 6.18 Å². The van der Waals surface area contributed by atoms with Crippen LogP contribution in [-0.4, -0.2) is 22.8 Å². The molecule has 2 aromatic carbocycles. The molecule has 9 heteroatoms. The van der Waals surface area contributed by atoms with Gasteiger partial charge in [-0.1, -0.05) is 41.9 Å². The summed E-state index contributed by atoms with van der Waals surface area (Å²) in [5.41, 5.74) is -0.461. The topological polar surface area (TPSA) is 56.1 Å². The minimum Gasteiger partial charge on any atom is -0.495 e. The van der Waals surface area contributed by atoms with E-state index in [1.165, 1.54) is 14.2 Å². The number of ether oxygens (including phenoxy) is 1. The molecule has 0 saturated heterocycles. The van der Waals surface area contributed by atoms with Crippen molar-refractivity contribution in [2.45, 2.75) is 6.18 Å². The third-order valence-corrected chi connectivity index (χ3v) is 4.37. The number of halogens is 4. The van der Waals surface area contributed by atoms with Crippen LogP contribution in [0.2, 0.25) is 5.02 Å². The maximum absolute atomic E-state index is 13.2. The number of nitrogens with zero attached hydrogens (tertiary/aromatic N) is 2. The van der Waals surface area contributed by atoms with Crippen LogP contribution >= 0.6 is 11.6 Å². The number of rotatable bonds is 4. The van der Waals surface area contributed by atoms with Crippen molar-refractivity contribution in [1.82, 2.24) is 9.78 Å². The Balaban J connectivity index is 2.08. The number of aryl methyl sites for hydroxylation is 1. The molecule has 0 aliphatic heterocycles. The van der Waals surface area contributed by atoms with E-state index in [1.54, 1.807) is 36.4 Å². The van der Waals surface area contributed by atoms with Crippen LogP contribution in [0.4, 0.5) is 18.9 Å². The maximum Gasteiger partial charge on any atom is 0.435 e. The summed E-state index contributed by atoms with van der Waals surface area (Å²) in [6.07, 6.45) is -3.76. The molecular formula is C19H15ClF3N3O2. The van der Waals surface area contributed by atoms with Gasteiger partial charge in [0.15, 0.2) is 5.69 Å². The fourth-order valence-corrected chi connectivity index (χ4v) is 3.03. The van der Waals surface area contributed by atoms with Gasteiger partial charge in [-0.15, -0.1) is 0 Å². The molecule has 146 valence electrons. The first-order chi connectivity index (χ1) is 13.2. The number of nitrogens with one attached hydrogen (secondary N) is 1. The molecule has 0 spiro atoms. The van der Waals surface area contributed by atoms with Gasteiger partial charge in [0.25, 0.3) is 5.91 Å². The highest BCUT2D eigenvalue weighted by atomic mass is 35.5. The molecule has 5 nitrogen and oxygen atoms in total. The number of methoxy groups -OCH3 is 1. The van der Waals surface area contributed by atoms with Crippen LogP contribution in [0.15, 0.2) is 48.7 Å². The van der Waals surface area contributed by atoms with E-state index in [0.29, 0.717) is 5.56 Å². The molecule has 28 heavy (non-hydrogen) atoms. The molecule has 0 unspecified atom stereocenters. The molecule has 1 heterocycles. The molecule has 0 atom stereocenters. The largest absolute Gasteiger partial charge is 0.495 e. The van der Waals surface area contributed by atoms with Crippen molar-refractivity contribution in [3.05, 3.63) is 64.9 Å². The summed E-state index contributed by atoms with van der Waals surface area (Å²) in [5, 5.41) is 5.92. The van der Waals surface area contributed by atoms with Crippen molar-refractivity contribution >= 4 is 23.2 Å². The number of benzene rings is 2. The number of carbonyl (C=O) groups excluding carboxylic acids is 1. The molecule has 1 N–H and O–H groups in total. The van der Waals surface area contributed by atoms with Crippen LogP contribution in [0.5, 0.6) is 5.75 Å². The van der Waals surface area contributed by atoms with Crippen LogP contribution in [0, 0.1) is 0 Å². The smallest absolute Gasteiger partial charge is 0.435 e. The highest BCUT2D eigenvalue weighted by molar-refractivity contribution is 6.36. The van der Waals surface area contributed by atoms with Crippen molar-refractivity contribution in [2.24, 2.45) is 7.05 Å². The summed E-state index contributed by atoms with van der Waals surface area (Å²) in [5.74, 6) is -0.702. The van der Waals surface area contributed by atoms with Crippen molar-refractivity contribution < 1.29 is 22.7 Å². The lowest BCUT2D eigenvalue weighted by molar-refractivity contribution is -0.141. The highest BCUT2D eigenvalue weighted by Crippen LogP contribution is 2.40. The van der Waals surface area contributed by atoms with Crippen LogP contribution < -0.4 is 10.1 Å². The molecule has 0 bridgehead atoms. The van der Waals surface area contributed by atoms with Gasteiger partial charge in [-0.2, -0.15) is 18.3 Å². The zero-order valence-corrected chi connectivity index (χ0v) is 15.6. The lowest BCUT2D eigenvalue weighted by Gasteiger charge is -2.16. The van der Waals surface area contributed by atoms with E-state index in [2.05, 4.69) is 10.4 Å². The summed E-state index contributed by atoms with van der Waals surface area (Å²) in [6.45, 7) is 0. The fourth-order valence-electron chi connectivity index (χ4n) is 2.74. The normalized spacial score (nSPS) is 11.4. The minimum absolute atomic E-state index is 0.0784. The van der Waals surface area contributed by atoms with E-state index in [9.17, 15) is 18.0 Å². The number of alkyl halides is 3. The number of amides is 1. The molecule has 0 fully saturated rings. The number of hydrogen-bond donors (Lipinski definition) is 1. The Labute approximate surface area is 163 Å². The quantitative estimate of drug-likeness (QED) is 0.658. The van der Waals surface area contributed by atoms with E-state index < -0.39 is 23.3 Å². The SMILES string of the molecule is COc1ccc(-c2ccccc2)c(NC(=O)c2cn(C)nc2C(F)(F)F)c1Cl. The Hall–Kier alpha value is -3.00. The zero-order valence-electron chi connectivity index (χ0n) is 14.8. The van der Waals surface area contributed by atoms with E-state index >= 15 is 0 Å². The van der Waals surface area contributed by atoms with Crippen LogP contribution in [0.1, 0.15) is 16.1 Å². The molecular weight excluding hydrogens is 395 g/mol. The van der Waals surface area contributed by atoms with E-state index in [4.69, 9.17) is 16.3 Å². The van der Waals surface area contributed by atoms with Gasteiger partial charge in [0.2, 0.25) is 0 Å². The molecule has 0 aliphatic rings. The summed E-state index contributed by atoms with van der Waals surface area (Å²) in [4.78, 5) is 12.7. The number of aromatic nitrogens is 2. The third-order valence-electron chi connectivity index (χ3n) is 3.99. The Morgan fingerprint density at radius 2 is 1.86 bits per heavy atom. The summed E-state index contributed by atoms with van der Waals surface area (Å²) >= 11 is 6.35. The highest BCUT2D eigenvalue weighted by Gasteiger charge is 2.39. The fraction of sp³-hybridized carbons (Fsp3) is 0.158. The average Bonchev–Trinajstić information content (AvgIpc) is 3.06. The standard InChI is InChI=1S/C19H15ClF3N3O2/c1-26-10-13(17(25-26)19(21,22)23)18(27)24-16-12(11-6-4-3-5-7-11)8-9-14(28-2)15(16)20/h3-10H,1-2H3,(H,24,27). The first-order valence-corrected chi connectivity index (χ1v) is 8.44. The van der Waals surface area contributed by atoms with Crippen LogP contribution in [-0.2, 0) is 13.2 Å². The van der Waals surface area contributed by atoms with Crippen molar-refractivity contribution in [3.63, 3.8) is 0 Å². The molecule has 0 aliphatic carbocycles. The van der Waals surface area contributed by atoms with Crippen molar-refractivity contribution in [3.8, 4) is 16.9 Å². The van der Waals surface area contributed by atoms with Gasteiger partial charge in [0.05, 0.1) is 18.4 Å². The lowest BCUT2D eigenvalue weighted by atomic mass is 10.0. The predicted molar refractivity (Wildman–Crippen MR) is 99.6 cm³/mol. The van der Waals surface area contributed by atoms with E-state index in [1.807, 2.05) is 6.07 Å². The molecule has 3 rings (SSSR count). The van der Waals surface area contributed by atoms with E-state index in [0.717, 1.165) is 16.4 Å². The second-order valence-corrected chi connectivity index (χ2v) is 6.27. The number of hydrogen-bond acceptors (Lipinski definition) is 3. The number of anilines is 1. The van der Waals surface area contributed by atoms with E-state index in [-0.39, 0.29) is 16.5 Å². The van der Waals surface area contributed by atoms with Gasteiger partial charge < -0.3 is 10.1 Å². The monoisotopic (exact) mass is 409 g/mol. The Kier molecular flexibility index (Phi) is 5.33. The van der Waals surface area contributed by atoms with Crippen LogP contribution in [0.25, 0.3) is 11.1 Å². The lowest BCUT2D eigenvalue weighted by Crippen LogP contribution is -2.18. The second kappa shape index (κ2) is 7.55. The molecule has 1 amide bonds. The minimum atomic E-state index is -4.77. The number of carbonyl (C=O) groups is 1. The molecule has 0 radical (unpaired) electrons. The summed E-state index contributed by atoms with van der Waals surface area (Å²) in [7, 11) is 2.71. The Bertz CT molecular complexity index is 1020. The summed E-state index contributed by atoms with van der Waals surface area (Å²) < 4.78 is 45.7. The van der Waals surface area contributed by atoms with Gasteiger partial charge in [-0.05, 0) is 17.7 Å². The average molecular weight is 410 g/mol. The Morgan fingerprint density at radius 1 is 1.18 bits per heavy atom. The molecule has 1 aromatic heterocycles. The first-order valence-electron chi connectivity index (χ1n) is 8.06. The first kappa shape index (κ1) is 19.8. The predicted octanol–water partition coefficient (Wildman–Crippen LogP) is 5.02. The zero-order chi connectivity index (χ0) is 20.5. The van der Waals surface area contributed by atoms with Gasteiger partial charge in [0, 0.05) is 18.8 Å². The van der Waals surface area contributed by atoms with Gasteiger partial charge in [-0.3, -0.25) is 9.48 Å². The molecule has 0 saturated carbocycles. The van der Waals surface area contributed by atoms with Crippen LogP contribution in [0.3, 0.4) is 0 Å².